The second kappa shape index (κ2) is 7.57. The van der Waals surface area contributed by atoms with Crippen LogP contribution in [0.2, 0.25) is 0 Å². The van der Waals surface area contributed by atoms with E-state index in [0.29, 0.717) is 12.1 Å². The topological polar surface area (TPSA) is 67.8 Å². The van der Waals surface area contributed by atoms with Crippen molar-refractivity contribution in [3.05, 3.63) is 59.2 Å². The number of nitrogens with one attached hydrogen (secondary N) is 1. The van der Waals surface area contributed by atoms with Crippen LogP contribution in [0.15, 0.2) is 42.5 Å². The summed E-state index contributed by atoms with van der Waals surface area (Å²) in [5.41, 5.74) is 4.13. The number of rotatable bonds is 3. The van der Waals surface area contributed by atoms with E-state index in [1.807, 2.05) is 12.1 Å². The van der Waals surface area contributed by atoms with Crippen molar-refractivity contribution in [3.8, 4) is 11.5 Å². The summed E-state index contributed by atoms with van der Waals surface area (Å²) < 4.78 is 10.9. The normalized spacial score (nSPS) is 20.4. The Bertz CT molecular complexity index is 732. The van der Waals surface area contributed by atoms with E-state index in [0.717, 1.165) is 37.9 Å². The summed E-state index contributed by atoms with van der Waals surface area (Å²) in [5.74, 6) is 1.15. The zero-order chi connectivity index (χ0) is 17.8. The maximum atomic E-state index is 9.00. The van der Waals surface area contributed by atoms with Crippen LogP contribution < -0.4 is 14.8 Å². The van der Waals surface area contributed by atoms with Crippen molar-refractivity contribution in [1.82, 2.24) is 5.32 Å². The Hall–Kier alpha value is -2.53. The summed E-state index contributed by atoms with van der Waals surface area (Å²) in [6.07, 6.45) is 2.18. The van der Waals surface area contributed by atoms with Gasteiger partial charge in [0.2, 0.25) is 0 Å². The highest BCUT2D eigenvalue weighted by Gasteiger charge is 2.33. The smallest absolute Gasteiger partial charge is 0.300 e. The summed E-state index contributed by atoms with van der Waals surface area (Å²) in [4.78, 5) is 9.00. The first-order valence-electron chi connectivity index (χ1n) is 8.42. The van der Waals surface area contributed by atoms with Crippen LogP contribution in [0.4, 0.5) is 0 Å². The zero-order valence-electron chi connectivity index (χ0n) is 14.5. The molecule has 2 unspecified atom stereocenters. The van der Waals surface area contributed by atoms with Crippen molar-refractivity contribution >= 4 is 5.97 Å². The molecule has 0 spiro atoms. The number of carboxylic acid groups (broad SMARTS) is 1. The lowest BCUT2D eigenvalue weighted by molar-refractivity contribution is -0.134. The Balaban J connectivity index is 0.000000415. The number of hydrogen-bond donors (Lipinski definition) is 2. The van der Waals surface area contributed by atoms with Crippen LogP contribution in [-0.4, -0.2) is 24.8 Å². The molecule has 2 atom stereocenters. The van der Waals surface area contributed by atoms with Gasteiger partial charge in [0.1, 0.15) is 11.5 Å². The second-order valence-corrected chi connectivity index (χ2v) is 6.22. The average Bonchev–Trinajstić information content (AvgIpc) is 3.03. The molecule has 0 radical (unpaired) electrons. The van der Waals surface area contributed by atoms with Crippen molar-refractivity contribution in [2.24, 2.45) is 0 Å². The summed E-state index contributed by atoms with van der Waals surface area (Å²) in [6, 6.07) is 15.6. The molecule has 2 aliphatic rings. The van der Waals surface area contributed by atoms with Crippen LogP contribution in [0.25, 0.3) is 0 Å². The SMILES string of the molecule is CC(=O)O.COc1ccc(C2CC(c3cccc4c3CCO4)N2)cc1. The fraction of sp³-hybridized carbons (Fsp3) is 0.350. The molecule has 0 saturated carbocycles. The first-order chi connectivity index (χ1) is 12.1. The molecular formula is C20H23NO4. The van der Waals surface area contributed by atoms with Gasteiger partial charge in [-0.3, -0.25) is 4.79 Å². The highest BCUT2D eigenvalue weighted by Crippen LogP contribution is 2.41. The Morgan fingerprint density at radius 1 is 1.20 bits per heavy atom. The maximum Gasteiger partial charge on any atom is 0.300 e. The number of carbonyl (C=O) groups is 1. The van der Waals surface area contributed by atoms with Crippen molar-refractivity contribution in [1.29, 1.82) is 0 Å². The number of carboxylic acids is 1. The summed E-state index contributed by atoms with van der Waals surface area (Å²) in [6.45, 7) is 1.90. The van der Waals surface area contributed by atoms with Gasteiger partial charge in [0.25, 0.3) is 5.97 Å². The third-order valence-corrected chi connectivity index (χ3v) is 4.55. The highest BCUT2D eigenvalue weighted by molar-refractivity contribution is 5.62. The molecule has 2 aromatic carbocycles. The molecule has 5 nitrogen and oxygen atoms in total. The van der Waals surface area contributed by atoms with Gasteiger partial charge in [0.15, 0.2) is 0 Å². The number of benzene rings is 2. The van der Waals surface area contributed by atoms with Gasteiger partial charge in [0.05, 0.1) is 13.7 Å². The molecule has 0 amide bonds. The van der Waals surface area contributed by atoms with Crippen molar-refractivity contribution in [2.75, 3.05) is 13.7 Å². The first kappa shape index (κ1) is 17.3. The van der Waals surface area contributed by atoms with E-state index in [-0.39, 0.29) is 0 Å². The molecule has 1 saturated heterocycles. The van der Waals surface area contributed by atoms with Gasteiger partial charge >= 0.3 is 0 Å². The van der Waals surface area contributed by atoms with Crippen LogP contribution in [0, 0.1) is 0 Å². The van der Waals surface area contributed by atoms with E-state index < -0.39 is 5.97 Å². The molecule has 2 heterocycles. The Morgan fingerprint density at radius 2 is 1.88 bits per heavy atom. The summed E-state index contributed by atoms with van der Waals surface area (Å²) >= 11 is 0. The zero-order valence-corrected chi connectivity index (χ0v) is 14.5. The molecule has 1 fully saturated rings. The van der Waals surface area contributed by atoms with Gasteiger partial charge in [-0.05, 0) is 35.7 Å². The molecule has 2 N–H and O–H groups in total. The number of aliphatic carboxylic acids is 1. The van der Waals surface area contributed by atoms with Crippen LogP contribution in [0.5, 0.6) is 11.5 Å². The van der Waals surface area contributed by atoms with E-state index >= 15 is 0 Å². The van der Waals surface area contributed by atoms with Gasteiger partial charge in [-0.15, -0.1) is 0 Å². The van der Waals surface area contributed by atoms with E-state index in [4.69, 9.17) is 19.4 Å². The maximum absolute atomic E-state index is 9.00. The fourth-order valence-electron chi connectivity index (χ4n) is 3.31. The largest absolute Gasteiger partial charge is 0.497 e. The molecule has 25 heavy (non-hydrogen) atoms. The number of hydrogen-bond acceptors (Lipinski definition) is 4. The minimum atomic E-state index is -0.833. The number of ether oxygens (including phenoxy) is 2. The van der Waals surface area contributed by atoms with Crippen molar-refractivity contribution in [2.45, 2.75) is 31.8 Å². The van der Waals surface area contributed by atoms with Crippen molar-refractivity contribution < 1.29 is 19.4 Å². The molecule has 0 bridgehead atoms. The van der Waals surface area contributed by atoms with Crippen LogP contribution in [0.3, 0.4) is 0 Å². The second-order valence-electron chi connectivity index (χ2n) is 6.22. The van der Waals surface area contributed by atoms with Gasteiger partial charge in [0, 0.05) is 31.0 Å². The lowest BCUT2D eigenvalue weighted by Gasteiger charge is -2.38. The lowest BCUT2D eigenvalue weighted by Crippen LogP contribution is -2.39. The van der Waals surface area contributed by atoms with Gasteiger partial charge in [-0.25, -0.2) is 0 Å². The molecule has 2 aromatic rings. The Kier molecular flexibility index (Phi) is 5.24. The summed E-state index contributed by atoms with van der Waals surface area (Å²) in [5, 5.41) is 11.1. The first-order valence-corrected chi connectivity index (χ1v) is 8.42. The van der Waals surface area contributed by atoms with Gasteiger partial charge in [-0.2, -0.15) is 0 Å². The predicted octanol–water partition coefficient (Wildman–Crippen LogP) is 3.50. The minimum Gasteiger partial charge on any atom is -0.497 e. The van der Waals surface area contributed by atoms with Gasteiger partial charge in [-0.1, -0.05) is 24.3 Å². The van der Waals surface area contributed by atoms with Crippen LogP contribution in [0.1, 0.15) is 42.1 Å². The average molecular weight is 341 g/mol. The minimum absolute atomic E-state index is 0.444. The monoisotopic (exact) mass is 341 g/mol. The van der Waals surface area contributed by atoms with E-state index in [9.17, 15) is 0 Å². The molecule has 4 rings (SSSR count). The Morgan fingerprint density at radius 3 is 2.52 bits per heavy atom. The molecule has 0 aromatic heterocycles. The molecule has 2 aliphatic heterocycles. The van der Waals surface area contributed by atoms with Gasteiger partial charge < -0.3 is 19.9 Å². The third-order valence-electron chi connectivity index (χ3n) is 4.55. The van der Waals surface area contributed by atoms with E-state index in [2.05, 4.69) is 35.6 Å². The quantitative estimate of drug-likeness (QED) is 0.894. The Labute approximate surface area is 147 Å². The third kappa shape index (κ3) is 3.94. The van der Waals surface area contributed by atoms with Crippen LogP contribution in [-0.2, 0) is 11.2 Å². The molecular weight excluding hydrogens is 318 g/mol. The standard InChI is InChI=1S/C18H19NO2.C2H4O2/c1-20-13-7-5-12(6-8-13)16-11-17(19-16)14-3-2-4-18-15(14)9-10-21-18;1-2(3)4/h2-8,16-17,19H,9-11H2,1H3;1H3,(H,3,4). The molecule has 5 heteroatoms. The molecule has 0 aliphatic carbocycles. The highest BCUT2D eigenvalue weighted by atomic mass is 16.5. The fourth-order valence-corrected chi connectivity index (χ4v) is 3.31. The molecule has 132 valence electrons. The number of fused-ring (bicyclic) bond motifs is 1. The van der Waals surface area contributed by atoms with E-state index in [1.165, 1.54) is 16.7 Å². The lowest BCUT2D eigenvalue weighted by atomic mass is 9.84. The predicted molar refractivity (Wildman–Crippen MR) is 95.2 cm³/mol. The van der Waals surface area contributed by atoms with Crippen molar-refractivity contribution in [3.63, 3.8) is 0 Å². The summed E-state index contributed by atoms with van der Waals surface area (Å²) in [7, 11) is 1.70. The van der Waals surface area contributed by atoms with Crippen LogP contribution >= 0.6 is 0 Å². The van der Waals surface area contributed by atoms with E-state index in [1.54, 1.807) is 7.11 Å². The number of methoxy groups -OCH3 is 1.